The van der Waals surface area contributed by atoms with Crippen LogP contribution in [0.25, 0.3) is 0 Å². The molecule has 5 nitrogen and oxygen atoms in total. The second-order valence-electron chi connectivity index (χ2n) is 8.02. The molecule has 2 aliphatic heterocycles. The van der Waals surface area contributed by atoms with Crippen LogP contribution in [0.1, 0.15) is 36.4 Å². The highest BCUT2D eigenvalue weighted by Gasteiger charge is 2.45. The lowest BCUT2D eigenvalue weighted by atomic mass is 9.73. The topological polar surface area (TPSA) is 64.3 Å². The molecule has 3 aliphatic rings. The quantitative estimate of drug-likeness (QED) is 0.879. The third-order valence-corrected chi connectivity index (χ3v) is 7.62. The Balaban J connectivity index is 1.23. The fraction of sp³-hybridized carbons (Fsp3) is 0.524. The van der Waals surface area contributed by atoms with Gasteiger partial charge in [-0.25, -0.2) is 9.97 Å². The van der Waals surface area contributed by atoms with Crippen molar-refractivity contribution in [3.8, 4) is 0 Å². The van der Waals surface area contributed by atoms with Crippen molar-refractivity contribution in [2.24, 2.45) is 11.1 Å². The summed E-state index contributed by atoms with van der Waals surface area (Å²) >= 11 is 1.78. The van der Waals surface area contributed by atoms with Gasteiger partial charge in [-0.15, -0.1) is 0 Å². The maximum absolute atomic E-state index is 6.68. The molecule has 0 bridgehead atoms. The van der Waals surface area contributed by atoms with Crippen LogP contribution < -0.4 is 10.6 Å². The minimum absolute atomic E-state index is 0.161. The number of piperidine rings is 1. The summed E-state index contributed by atoms with van der Waals surface area (Å²) in [6, 6.07) is 8.85. The summed E-state index contributed by atoms with van der Waals surface area (Å²) in [5.74, 6) is 0.987. The van der Waals surface area contributed by atoms with Crippen molar-refractivity contribution < 1.29 is 4.74 Å². The smallest absolute Gasteiger partial charge is 0.147 e. The van der Waals surface area contributed by atoms with Gasteiger partial charge in [0, 0.05) is 31.0 Å². The van der Waals surface area contributed by atoms with Crippen LogP contribution in [0, 0.1) is 5.41 Å². The van der Waals surface area contributed by atoms with Crippen LogP contribution in [0.4, 0.5) is 5.82 Å². The Kier molecular flexibility index (Phi) is 4.58. The van der Waals surface area contributed by atoms with E-state index in [9.17, 15) is 0 Å². The van der Waals surface area contributed by atoms with Crippen molar-refractivity contribution >= 4 is 17.6 Å². The van der Waals surface area contributed by atoms with Gasteiger partial charge in [-0.1, -0.05) is 36.0 Å². The first-order chi connectivity index (χ1) is 13.2. The number of rotatable bonds is 3. The second-order valence-corrected chi connectivity index (χ2v) is 9.34. The van der Waals surface area contributed by atoms with E-state index in [1.807, 2.05) is 12.4 Å². The molecule has 1 aromatic carbocycles. The Hall–Kier alpha value is -1.63. The summed E-state index contributed by atoms with van der Waals surface area (Å²) in [7, 11) is 0. The first-order valence-electron chi connectivity index (χ1n) is 9.88. The Morgan fingerprint density at radius 1 is 1.15 bits per heavy atom. The highest BCUT2D eigenvalue weighted by Crippen LogP contribution is 2.50. The van der Waals surface area contributed by atoms with E-state index in [2.05, 4.69) is 39.1 Å². The summed E-state index contributed by atoms with van der Waals surface area (Å²) in [6.07, 6.45) is 8.29. The largest absolute Gasteiger partial charge is 0.380 e. The van der Waals surface area contributed by atoms with Crippen LogP contribution in [-0.4, -0.2) is 41.5 Å². The first-order valence-corrected chi connectivity index (χ1v) is 10.8. The molecule has 6 heteroatoms. The highest BCUT2D eigenvalue weighted by molar-refractivity contribution is 7.99. The van der Waals surface area contributed by atoms with E-state index in [1.165, 1.54) is 11.1 Å². The van der Waals surface area contributed by atoms with Crippen molar-refractivity contribution in [1.29, 1.82) is 0 Å². The lowest BCUT2D eigenvalue weighted by Gasteiger charge is -2.42. The Labute approximate surface area is 164 Å². The average molecular weight is 383 g/mol. The van der Waals surface area contributed by atoms with Crippen molar-refractivity contribution in [3.63, 3.8) is 0 Å². The number of aromatic nitrogens is 2. The fourth-order valence-electron chi connectivity index (χ4n) is 4.80. The number of thioether (sulfide) groups is 1. The van der Waals surface area contributed by atoms with Gasteiger partial charge in [0.15, 0.2) is 0 Å². The molecule has 3 heterocycles. The van der Waals surface area contributed by atoms with Gasteiger partial charge in [0.05, 0.1) is 19.0 Å². The van der Waals surface area contributed by atoms with E-state index in [1.54, 1.807) is 11.8 Å². The summed E-state index contributed by atoms with van der Waals surface area (Å²) in [5, 5.41) is 1.52. The van der Waals surface area contributed by atoms with Crippen LogP contribution in [0.5, 0.6) is 0 Å². The summed E-state index contributed by atoms with van der Waals surface area (Å²) in [5.41, 5.74) is 9.68. The second kappa shape index (κ2) is 7.08. The molecule has 2 atom stereocenters. The number of nitrogens with two attached hydrogens (primary N) is 1. The van der Waals surface area contributed by atoms with Crippen molar-refractivity contribution in [2.45, 2.75) is 42.0 Å². The number of anilines is 1. The standard InChI is InChI=1S/C21H26N4OS/c22-20-17-4-2-1-3-15(17)11-21(20)6-8-25(9-7-21)18-12-24-19(13-23-18)27-16-5-10-26-14-16/h1-4,12-13,16,20H,5-11,14,22H2/t16-,20-/m1/s1. The SMILES string of the molecule is N[C@@H]1c2ccccc2CC12CCN(c1cnc(S[C@@H]3CCOC3)cn1)CC2. The Morgan fingerprint density at radius 3 is 2.70 bits per heavy atom. The maximum Gasteiger partial charge on any atom is 0.147 e. The molecule has 0 amide bonds. The third kappa shape index (κ3) is 3.24. The van der Waals surface area contributed by atoms with Crippen LogP contribution in [0.15, 0.2) is 41.7 Å². The van der Waals surface area contributed by atoms with E-state index in [4.69, 9.17) is 10.5 Å². The van der Waals surface area contributed by atoms with Gasteiger partial charge >= 0.3 is 0 Å². The predicted octanol–water partition coefficient (Wildman–Crippen LogP) is 3.20. The number of benzene rings is 1. The molecule has 0 radical (unpaired) electrons. The average Bonchev–Trinajstić information content (AvgIpc) is 3.31. The number of fused-ring (bicyclic) bond motifs is 1. The molecule has 2 aromatic rings. The molecule has 142 valence electrons. The van der Waals surface area contributed by atoms with Gasteiger partial charge in [-0.2, -0.15) is 0 Å². The Morgan fingerprint density at radius 2 is 2.00 bits per heavy atom. The van der Waals surface area contributed by atoms with Crippen LogP contribution in [-0.2, 0) is 11.2 Å². The van der Waals surface area contributed by atoms with Crippen molar-refractivity contribution in [3.05, 3.63) is 47.8 Å². The van der Waals surface area contributed by atoms with Gasteiger partial charge in [-0.3, -0.25) is 0 Å². The number of hydrogen-bond acceptors (Lipinski definition) is 6. The zero-order valence-electron chi connectivity index (χ0n) is 15.5. The summed E-state index contributed by atoms with van der Waals surface area (Å²) < 4.78 is 5.44. The minimum Gasteiger partial charge on any atom is -0.380 e. The zero-order valence-corrected chi connectivity index (χ0v) is 16.3. The minimum atomic E-state index is 0.161. The van der Waals surface area contributed by atoms with Gasteiger partial charge in [0.2, 0.25) is 0 Å². The maximum atomic E-state index is 6.68. The normalized spacial score (nSPS) is 26.5. The molecular formula is C21H26N4OS. The van der Waals surface area contributed by atoms with Gasteiger partial charge in [-0.05, 0) is 42.2 Å². The van der Waals surface area contributed by atoms with Gasteiger partial charge in [0.25, 0.3) is 0 Å². The molecule has 2 N–H and O–H groups in total. The van der Waals surface area contributed by atoms with Crippen LogP contribution in [0.2, 0.25) is 0 Å². The number of ether oxygens (including phenoxy) is 1. The molecule has 1 aliphatic carbocycles. The van der Waals surface area contributed by atoms with E-state index in [-0.39, 0.29) is 11.5 Å². The highest BCUT2D eigenvalue weighted by atomic mass is 32.2. The summed E-state index contributed by atoms with van der Waals surface area (Å²) in [6.45, 7) is 3.69. The molecule has 2 saturated heterocycles. The van der Waals surface area contributed by atoms with E-state index in [0.717, 1.165) is 62.8 Å². The fourth-order valence-corrected chi connectivity index (χ4v) is 5.74. The van der Waals surface area contributed by atoms with Crippen molar-refractivity contribution in [2.75, 3.05) is 31.2 Å². The molecule has 0 unspecified atom stereocenters. The molecule has 27 heavy (non-hydrogen) atoms. The summed E-state index contributed by atoms with van der Waals surface area (Å²) in [4.78, 5) is 11.7. The number of nitrogens with zero attached hydrogens (tertiary/aromatic N) is 3. The molecule has 1 aromatic heterocycles. The van der Waals surface area contributed by atoms with E-state index < -0.39 is 0 Å². The van der Waals surface area contributed by atoms with E-state index >= 15 is 0 Å². The lowest BCUT2D eigenvalue weighted by Crippen LogP contribution is -2.44. The van der Waals surface area contributed by atoms with E-state index in [0.29, 0.717) is 5.25 Å². The molecule has 1 spiro atoms. The first kappa shape index (κ1) is 17.5. The van der Waals surface area contributed by atoms with Gasteiger partial charge in [0.1, 0.15) is 10.8 Å². The molecular weight excluding hydrogens is 356 g/mol. The molecule has 0 saturated carbocycles. The van der Waals surface area contributed by atoms with Crippen LogP contribution in [0.3, 0.4) is 0 Å². The number of hydrogen-bond donors (Lipinski definition) is 1. The predicted molar refractivity (Wildman–Crippen MR) is 108 cm³/mol. The van der Waals surface area contributed by atoms with Crippen molar-refractivity contribution in [1.82, 2.24) is 9.97 Å². The third-order valence-electron chi connectivity index (χ3n) is 6.47. The van der Waals surface area contributed by atoms with Crippen LogP contribution >= 0.6 is 11.8 Å². The Bertz CT molecular complexity index is 798. The zero-order chi connectivity index (χ0) is 18.3. The molecule has 5 rings (SSSR count). The lowest BCUT2D eigenvalue weighted by molar-refractivity contribution is 0.187. The van der Waals surface area contributed by atoms with Gasteiger partial charge < -0.3 is 15.4 Å². The monoisotopic (exact) mass is 382 g/mol. The molecule has 2 fully saturated rings.